The van der Waals surface area contributed by atoms with Gasteiger partial charge in [-0.25, -0.2) is 4.79 Å². The summed E-state index contributed by atoms with van der Waals surface area (Å²) in [5.41, 5.74) is 0.146. The Hall–Kier alpha value is -3.10. The fourth-order valence-corrected chi connectivity index (χ4v) is 3.53. The molecule has 0 aromatic heterocycles. The lowest BCUT2D eigenvalue weighted by molar-refractivity contribution is -0.138. The van der Waals surface area contributed by atoms with E-state index in [0.717, 1.165) is 17.5 Å². The van der Waals surface area contributed by atoms with Crippen LogP contribution in [-0.2, 0) is 12.7 Å². The molecule has 0 bridgehead atoms. The van der Waals surface area contributed by atoms with Gasteiger partial charge in [-0.05, 0) is 36.8 Å². The molecule has 2 aromatic carbocycles. The lowest BCUT2D eigenvalue weighted by Gasteiger charge is -2.36. The number of rotatable bonds is 6. The third-order valence-corrected chi connectivity index (χ3v) is 5.13. The van der Waals surface area contributed by atoms with Gasteiger partial charge in [0.25, 0.3) is 0 Å². The summed E-state index contributed by atoms with van der Waals surface area (Å²) in [4.78, 5) is 16.3. The number of para-hydroxylation sites is 2. The van der Waals surface area contributed by atoms with Crippen LogP contribution in [-0.4, -0.2) is 50.8 Å². The minimum atomic E-state index is -4.53. The van der Waals surface area contributed by atoms with Crippen LogP contribution in [0.2, 0.25) is 0 Å². The molecule has 31 heavy (non-hydrogen) atoms. The molecule has 1 N–H and O–H groups in total. The van der Waals surface area contributed by atoms with Crippen LogP contribution in [0.4, 0.5) is 23.7 Å². The number of benzene rings is 2. The predicted octanol–water partition coefficient (Wildman–Crippen LogP) is 4.14. The van der Waals surface area contributed by atoms with Gasteiger partial charge in [0.1, 0.15) is 11.5 Å². The van der Waals surface area contributed by atoms with Crippen molar-refractivity contribution in [2.24, 2.45) is 0 Å². The van der Waals surface area contributed by atoms with E-state index >= 15 is 0 Å². The normalized spacial score (nSPS) is 14.4. The van der Waals surface area contributed by atoms with Gasteiger partial charge in [-0.2, -0.15) is 13.2 Å². The summed E-state index contributed by atoms with van der Waals surface area (Å²) in [6.07, 6.45) is -4.53. The van der Waals surface area contributed by atoms with Gasteiger partial charge in [-0.3, -0.25) is 0 Å². The highest BCUT2D eigenvalue weighted by molar-refractivity contribution is 5.74. The number of halogens is 3. The summed E-state index contributed by atoms with van der Waals surface area (Å²) >= 11 is 0. The van der Waals surface area contributed by atoms with Crippen molar-refractivity contribution in [1.29, 1.82) is 0 Å². The van der Waals surface area contributed by atoms with Gasteiger partial charge in [0.15, 0.2) is 0 Å². The second kappa shape index (κ2) is 9.80. The maximum atomic E-state index is 13.3. The number of hydrogen-bond acceptors (Lipinski definition) is 4. The molecule has 0 unspecified atom stereocenters. The summed E-state index contributed by atoms with van der Waals surface area (Å²) in [5, 5.41) is 2.61. The van der Waals surface area contributed by atoms with Crippen LogP contribution in [0.25, 0.3) is 0 Å². The molecule has 1 aliphatic rings. The Morgan fingerprint density at radius 2 is 1.81 bits per heavy atom. The number of hydrogen-bond donors (Lipinski definition) is 1. The number of ether oxygens (including phenoxy) is 2. The molecule has 1 aliphatic heterocycles. The van der Waals surface area contributed by atoms with E-state index in [9.17, 15) is 18.0 Å². The van der Waals surface area contributed by atoms with Crippen LogP contribution in [0.1, 0.15) is 18.1 Å². The zero-order valence-electron chi connectivity index (χ0n) is 17.5. The van der Waals surface area contributed by atoms with Crippen molar-refractivity contribution in [2.75, 3.05) is 44.8 Å². The van der Waals surface area contributed by atoms with Crippen molar-refractivity contribution in [3.05, 3.63) is 53.6 Å². The Bertz CT molecular complexity index is 897. The molecule has 2 amide bonds. The fraction of sp³-hybridized carbons (Fsp3) is 0.409. The molecule has 2 aromatic rings. The lowest BCUT2D eigenvalue weighted by Crippen LogP contribution is -2.51. The molecule has 168 valence electrons. The molecule has 0 aliphatic carbocycles. The number of carbonyl (C=O) groups is 1. The van der Waals surface area contributed by atoms with E-state index in [0.29, 0.717) is 32.8 Å². The number of methoxy groups -OCH3 is 1. The summed E-state index contributed by atoms with van der Waals surface area (Å²) < 4.78 is 50.6. The van der Waals surface area contributed by atoms with E-state index in [1.165, 1.54) is 19.2 Å². The topological polar surface area (TPSA) is 54.0 Å². The zero-order chi connectivity index (χ0) is 22.4. The average molecular weight is 437 g/mol. The summed E-state index contributed by atoms with van der Waals surface area (Å²) in [6, 6.07) is 11.1. The Balaban J connectivity index is 1.59. The standard InChI is InChI=1S/C22H26F3N3O3/c1-3-31-20-7-5-4-6-19(20)27-10-12-28(13-11-27)21(29)26-15-16-8-9-17(30-2)14-18(16)22(23,24)25/h4-9,14H,3,10-13,15H2,1-2H3,(H,26,29). The van der Waals surface area contributed by atoms with Crippen LogP contribution >= 0.6 is 0 Å². The average Bonchev–Trinajstić information content (AvgIpc) is 2.77. The van der Waals surface area contributed by atoms with Crippen LogP contribution in [0, 0.1) is 0 Å². The Morgan fingerprint density at radius 3 is 2.45 bits per heavy atom. The van der Waals surface area contributed by atoms with Crippen molar-refractivity contribution in [3.63, 3.8) is 0 Å². The smallest absolute Gasteiger partial charge is 0.416 e. The Kier molecular flexibility index (Phi) is 7.14. The Labute approximate surface area is 179 Å². The number of piperazine rings is 1. The third kappa shape index (κ3) is 5.53. The highest BCUT2D eigenvalue weighted by Gasteiger charge is 2.34. The molecule has 3 rings (SSSR count). The molecule has 1 heterocycles. The van der Waals surface area contributed by atoms with Gasteiger partial charge >= 0.3 is 12.2 Å². The SMILES string of the molecule is CCOc1ccccc1N1CCN(C(=O)NCc2ccc(OC)cc2C(F)(F)F)CC1. The first-order valence-corrected chi connectivity index (χ1v) is 10.1. The molecule has 9 heteroatoms. The number of alkyl halides is 3. The summed E-state index contributed by atoms with van der Waals surface area (Å²) in [5.74, 6) is 0.910. The quantitative estimate of drug-likeness (QED) is 0.738. The first-order valence-electron chi connectivity index (χ1n) is 10.1. The number of nitrogens with zero attached hydrogens (tertiary/aromatic N) is 2. The largest absolute Gasteiger partial charge is 0.497 e. The third-order valence-electron chi connectivity index (χ3n) is 5.13. The van der Waals surface area contributed by atoms with Crippen molar-refractivity contribution in [1.82, 2.24) is 10.2 Å². The van der Waals surface area contributed by atoms with E-state index < -0.39 is 11.7 Å². The predicted molar refractivity (Wildman–Crippen MR) is 112 cm³/mol. The number of urea groups is 1. The van der Waals surface area contributed by atoms with Gasteiger partial charge < -0.3 is 24.6 Å². The van der Waals surface area contributed by atoms with Gasteiger partial charge in [-0.1, -0.05) is 18.2 Å². The number of nitrogens with one attached hydrogen (secondary N) is 1. The fourth-order valence-electron chi connectivity index (χ4n) is 3.53. The first kappa shape index (κ1) is 22.6. The Morgan fingerprint density at radius 1 is 1.10 bits per heavy atom. The van der Waals surface area contributed by atoms with E-state index in [2.05, 4.69) is 10.2 Å². The van der Waals surface area contributed by atoms with Gasteiger partial charge in [-0.15, -0.1) is 0 Å². The van der Waals surface area contributed by atoms with Crippen LogP contribution < -0.4 is 19.7 Å². The maximum Gasteiger partial charge on any atom is 0.416 e. The van der Waals surface area contributed by atoms with E-state index in [1.807, 2.05) is 31.2 Å². The minimum absolute atomic E-state index is 0.00840. The molecule has 0 atom stereocenters. The molecule has 0 saturated carbocycles. The van der Waals surface area contributed by atoms with Crippen molar-refractivity contribution >= 4 is 11.7 Å². The zero-order valence-corrected chi connectivity index (χ0v) is 17.5. The highest BCUT2D eigenvalue weighted by atomic mass is 19.4. The number of amides is 2. The van der Waals surface area contributed by atoms with Crippen molar-refractivity contribution < 1.29 is 27.4 Å². The molecule has 6 nitrogen and oxygen atoms in total. The second-order valence-corrected chi connectivity index (χ2v) is 7.05. The molecular formula is C22H26F3N3O3. The van der Waals surface area contributed by atoms with Gasteiger partial charge in [0, 0.05) is 32.7 Å². The molecule has 1 fully saturated rings. The van der Waals surface area contributed by atoms with Crippen LogP contribution in [0.5, 0.6) is 11.5 Å². The molecular weight excluding hydrogens is 411 g/mol. The molecule has 0 spiro atoms. The monoisotopic (exact) mass is 437 g/mol. The maximum absolute atomic E-state index is 13.3. The van der Waals surface area contributed by atoms with E-state index in [4.69, 9.17) is 9.47 Å². The molecule has 0 radical (unpaired) electrons. The minimum Gasteiger partial charge on any atom is -0.497 e. The van der Waals surface area contributed by atoms with Crippen LogP contribution in [0.15, 0.2) is 42.5 Å². The van der Waals surface area contributed by atoms with Crippen molar-refractivity contribution in [2.45, 2.75) is 19.6 Å². The first-order chi connectivity index (χ1) is 14.8. The van der Waals surface area contributed by atoms with Crippen molar-refractivity contribution in [3.8, 4) is 11.5 Å². The van der Waals surface area contributed by atoms with Gasteiger partial charge in [0.05, 0.1) is 25.0 Å². The summed E-state index contributed by atoms with van der Waals surface area (Å²) in [7, 11) is 1.31. The second-order valence-electron chi connectivity index (χ2n) is 7.05. The van der Waals surface area contributed by atoms with E-state index in [1.54, 1.807) is 4.90 Å². The number of carbonyl (C=O) groups excluding carboxylic acids is 1. The summed E-state index contributed by atoms with van der Waals surface area (Å²) in [6.45, 7) is 4.39. The van der Waals surface area contributed by atoms with E-state index in [-0.39, 0.29) is 23.9 Å². The van der Waals surface area contributed by atoms with Gasteiger partial charge in [0.2, 0.25) is 0 Å². The highest BCUT2D eigenvalue weighted by Crippen LogP contribution is 2.34. The molecule has 1 saturated heterocycles. The lowest BCUT2D eigenvalue weighted by atomic mass is 10.1. The van der Waals surface area contributed by atoms with Crippen LogP contribution in [0.3, 0.4) is 0 Å². The number of anilines is 1.